The zero-order valence-electron chi connectivity index (χ0n) is 9.98. The largest absolute Gasteiger partial charge is 0.452 e. The van der Waals surface area contributed by atoms with E-state index in [-0.39, 0.29) is 6.09 Å². The summed E-state index contributed by atoms with van der Waals surface area (Å²) in [4.78, 5) is 13.3. The number of amides is 1. The molecule has 0 saturated carbocycles. The molecule has 0 aliphatic carbocycles. The SMILES string of the molecule is CCCCCN(C(=O)OC)c1ccccc1. The third-order valence-electron chi connectivity index (χ3n) is 2.45. The maximum absolute atomic E-state index is 11.6. The van der Waals surface area contributed by atoms with Gasteiger partial charge in [0.2, 0.25) is 0 Å². The van der Waals surface area contributed by atoms with E-state index in [4.69, 9.17) is 4.74 Å². The molecule has 1 aromatic carbocycles. The van der Waals surface area contributed by atoms with Crippen LogP contribution in [0.1, 0.15) is 26.2 Å². The highest BCUT2D eigenvalue weighted by atomic mass is 16.5. The lowest BCUT2D eigenvalue weighted by molar-refractivity contribution is 0.178. The minimum atomic E-state index is -0.290. The number of unbranched alkanes of at least 4 members (excludes halogenated alkanes) is 2. The van der Waals surface area contributed by atoms with Crippen LogP contribution in [-0.2, 0) is 4.74 Å². The molecule has 0 aliphatic heterocycles. The van der Waals surface area contributed by atoms with Crippen LogP contribution in [0, 0.1) is 0 Å². The van der Waals surface area contributed by atoms with Crippen molar-refractivity contribution < 1.29 is 9.53 Å². The van der Waals surface area contributed by atoms with E-state index in [1.165, 1.54) is 7.11 Å². The van der Waals surface area contributed by atoms with Gasteiger partial charge in [-0.1, -0.05) is 38.0 Å². The van der Waals surface area contributed by atoms with Gasteiger partial charge in [-0.2, -0.15) is 0 Å². The van der Waals surface area contributed by atoms with Gasteiger partial charge in [0, 0.05) is 12.2 Å². The zero-order valence-corrected chi connectivity index (χ0v) is 9.98. The number of anilines is 1. The lowest BCUT2D eigenvalue weighted by Crippen LogP contribution is -2.31. The standard InChI is InChI=1S/C13H19NO2/c1-3-4-8-11-14(13(15)16-2)12-9-6-5-7-10-12/h5-7,9-10H,3-4,8,11H2,1-2H3. The van der Waals surface area contributed by atoms with Gasteiger partial charge in [0.05, 0.1) is 7.11 Å². The van der Waals surface area contributed by atoms with Crippen LogP contribution in [0.2, 0.25) is 0 Å². The summed E-state index contributed by atoms with van der Waals surface area (Å²) in [6, 6.07) is 9.62. The number of methoxy groups -OCH3 is 1. The average molecular weight is 221 g/mol. The molecule has 1 rings (SSSR count). The van der Waals surface area contributed by atoms with E-state index in [1.807, 2.05) is 30.3 Å². The molecular weight excluding hydrogens is 202 g/mol. The van der Waals surface area contributed by atoms with Crippen molar-refractivity contribution in [2.75, 3.05) is 18.6 Å². The quantitative estimate of drug-likeness (QED) is 0.713. The number of nitrogens with zero attached hydrogens (tertiary/aromatic N) is 1. The second-order valence-electron chi connectivity index (χ2n) is 3.66. The van der Waals surface area contributed by atoms with Crippen LogP contribution in [-0.4, -0.2) is 19.7 Å². The van der Waals surface area contributed by atoms with Crippen molar-refractivity contribution in [1.29, 1.82) is 0 Å². The summed E-state index contributed by atoms with van der Waals surface area (Å²) in [5.41, 5.74) is 0.894. The van der Waals surface area contributed by atoms with Crippen molar-refractivity contribution in [2.24, 2.45) is 0 Å². The van der Waals surface area contributed by atoms with Gasteiger partial charge in [-0.05, 0) is 18.6 Å². The Bertz CT molecular complexity index is 311. The molecule has 3 nitrogen and oxygen atoms in total. The van der Waals surface area contributed by atoms with Crippen LogP contribution in [0.15, 0.2) is 30.3 Å². The summed E-state index contributed by atoms with van der Waals surface area (Å²) in [7, 11) is 1.41. The van der Waals surface area contributed by atoms with Gasteiger partial charge in [0.15, 0.2) is 0 Å². The number of benzene rings is 1. The summed E-state index contributed by atoms with van der Waals surface area (Å²) >= 11 is 0. The monoisotopic (exact) mass is 221 g/mol. The van der Waals surface area contributed by atoms with Crippen molar-refractivity contribution in [1.82, 2.24) is 0 Å². The van der Waals surface area contributed by atoms with Crippen molar-refractivity contribution in [2.45, 2.75) is 26.2 Å². The fourth-order valence-corrected chi connectivity index (χ4v) is 1.56. The summed E-state index contributed by atoms with van der Waals surface area (Å²) in [5.74, 6) is 0. The molecule has 0 radical (unpaired) electrons. The first kappa shape index (κ1) is 12.6. The zero-order chi connectivity index (χ0) is 11.8. The summed E-state index contributed by atoms with van der Waals surface area (Å²) in [6.07, 6.45) is 2.98. The maximum Gasteiger partial charge on any atom is 0.413 e. The maximum atomic E-state index is 11.6. The van der Waals surface area contributed by atoms with Crippen LogP contribution in [0.5, 0.6) is 0 Å². The number of hydrogen-bond donors (Lipinski definition) is 0. The highest BCUT2D eigenvalue weighted by Crippen LogP contribution is 2.15. The first-order valence-electron chi connectivity index (χ1n) is 5.70. The average Bonchev–Trinajstić information content (AvgIpc) is 2.35. The first-order chi connectivity index (χ1) is 7.79. The molecule has 88 valence electrons. The lowest BCUT2D eigenvalue weighted by atomic mass is 10.2. The number of carbonyl (C=O) groups excluding carboxylic acids is 1. The molecule has 3 heteroatoms. The minimum absolute atomic E-state index is 0.290. The van der Waals surface area contributed by atoms with Gasteiger partial charge < -0.3 is 4.74 Å². The molecule has 16 heavy (non-hydrogen) atoms. The summed E-state index contributed by atoms with van der Waals surface area (Å²) in [5, 5.41) is 0. The minimum Gasteiger partial charge on any atom is -0.452 e. The van der Waals surface area contributed by atoms with Gasteiger partial charge in [-0.15, -0.1) is 0 Å². The molecule has 0 fully saturated rings. The van der Waals surface area contributed by atoms with Gasteiger partial charge in [0.1, 0.15) is 0 Å². The van der Waals surface area contributed by atoms with E-state index in [1.54, 1.807) is 4.90 Å². The van der Waals surface area contributed by atoms with E-state index in [9.17, 15) is 4.79 Å². The Hall–Kier alpha value is -1.51. The summed E-state index contributed by atoms with van der Waals surface area (Å²) in [6.45, 7) is 2.86. The molecule has 0 saturated heterocycles. The Morgan fingerprint density at radius 3 is 2.50 bits per heavy atom. The highest BCUT2D eigenvalue weighted by Gasteiger charge is 2.14. The van der Waals surface area contributed by atoms with Crippen LogP contribution in [0.25, 0.3) is 0 Å². The van der Waals surface area contributed by atoms with Crippen LogP contribution >= 0.6 is 0 Å². The Balaban J connectivity index is 2.68. The molecule has 0 atom stereocenters. The third-order valence-corrected chi connectivity index (χ3v) is 2.45. The molecule has 0 aromatic heterocycles. The molecule has 0 bridgehead atoms. The Kier molecular flexibility index (Phi) is 5.40. The normalized spacial score (nSPS) is 9.88. The van der Waals surface area contributed by atoms with E-state index in [0.29, 0.717) is 6.54 Å². The summed E-state index contributed by atoms with van der Waals surface area (Å²) < 4.78 is 4.78. The van der Waals surface area contributed by atoms with Crippen LogP contribution < -0.4 is 4.90 Å². The Morgan fingerprint density at radius 1 is 1.25 bits per heavy atom. The van der Waals surface area contributed by atoms with E-state index < -0.39 is 0 Å². The molecule has 1 aromatic rings. The predicted molar refractivity (Wildman–Crippen MR) is 65.7 cm³/mol. The van der Waals surface area contributed by atoms with Crippen LogP contribution in [0.3, 0.4) is 0 Å². The highest BCUT2D eigenvalue weighted by molar-refractivity contribution is 5.87. The first-order valence-corrected chi connectivity index (χ1v) is 5.70. The lowest BCUT2D eigenvalue weighted by Gasteiger charge is -2.20. The van der Waals surface area contributed by atoms with Gasteiger partial charge in [-0.3, -0.25) is 4.90 Å². The van der Waals surface area contributed by atoms with Gasteiger partial charge in [-0.25, -0.2) is 4.79 Å². The molecule has 1 amide bonds. The van der Waals surface area contributed by atoms with Crippen molar-refractivity contribution >= 4 is 11.8 Å². The van der Waals surface area contributed by atoms with Gasteiger partial charge in [0.25, 0.3) is 0 Å². The molecule has 0 spiro atoms. The Labute approximate surface area is 97.0 Å². The second kappa shape index (κ2) is 6.88. The molecule has 0 unspecified atom stereocenters. The number of para-hydroxylation sites is 1. The van der Waals surface area contributed by atoms with Crippen LogP contribution in [0.4, 0.5) is 10.5 Å². The number of hydrogen-bond acceptors (Lipinski definition) is 2. The third kappa shape index (κ3) is 3.57. The molecule has 0 N–H and O–H groups in total. The number of rotatable bonds is 5. The second-order valence-corrected chi connectivity index (χ2v) is 3.66. The fourth-order valence-electron chi connectivity index (χ4n) is 1.56. The topological polar surface area (TPSA) is 29.5 Å². The number of ether oxygens (including phenoxy) is 1. The molecular formula is C13H19NO2. The van der Waals surface area contributed by atoms with Crippen molar-refractivity contribution in [3.05, 3.63) is 30.3 Å². The number of carbonyl (C=O) groups is 1. The fraction of sp³-hybridized carbons (Fsp3) is 0.462. The molecule has 0 heterocycles. The van der Waals surface area contributed by atoms with E-state index in [2.05, 4.69) is 6.92 Å². The smallest absolute Gasteiger partial charge is 0.413 e. The van der Waals surface area contributed by atoms with E-state index in [0.717, 1.165) is 24.9 Å². The molecule has 0 aliphatic rings. The van der Waals surface area contributed by atoms with E-state index >= 15 is 0 Å². The van der Waals surface area contributed by atoms with Crippen molar-refractivity contribution in [3.8, 4) is 0 Å². The van der Waals surface area contributed by atoms with Gasteiger partial charge >= 0.3 is 6.09 Å². The van der Waals surface area contributed by atoms with Crippen molar-refractivity contribution in [3.63, 3.8) is 0 Å². The predicted octanol–water partition coefficient (Wildman–Crippen LogP) is 3.45. The Morgan fingerprint density at radius 2 is 1.94 bits per heavy atom.